The second-order valence-corrected chi connectivity index (χ2v) is 8.99. The molecule has 1 N–H and O–H groups in total. The SMILES string of the molecule is CS(=O)(=O)N(CC(=O)NCc1ccc(-n2ccnc2)cc1)c1cccc(Br)c1. The molecule has 146 valence electrons. The number of nitrogens with one attached hydrogen (secondary N) is 1. The molecule has 28 heavy (non-hydrogen) atoms. The van der Waals surface area contributed by atoms with Gasteiger partial charge in [0.05, 0.1) is 18.3 Å². The lowest BCUT2D eigenvalue weighted by molar-refractivity contribution is -0.119. The quantitative estimate of drug-likeness (QED) is 0.584. The van der Waals surface area contributed by atoms with Gasteiger partial charge in [-0.3, -0.25) is 9.10 Å². The van der Waals surface area contributed by atoms with Gasteiger partial charge in [-0.05, 0) is 35.9 Å². The molecule has 0 unspecified atom stereocenters. The molecule has 0 saturated heterocycles. The zero-order valence-electron chi connectivity index (χ0n) is 15.1. The Kier molecular flexibility index (Phi) is 6.15. The molecule has 1 amide bonds. The normalized spacial score (nSPS) is 11.2. The number of anilines is 1. The molecule has 0 spiro atoms. The summed E-state index contributed by atoms with van der Waals surface area (Å²) in [4.78, 5) is 16.4. The van der Waals surface area contributed by atoms with E-state index in [9.17, 15) is 13.2 Å². The van der Waals surface area contributed by atoms with Crippen LogP contribution in [-0.4, -0.2) is 36.7 Å². The topological polar surface area (TPSA) is 84.3 Å². The van der Waals surface area contributed by atoms with Gasteiger partial charge in [0.25, 0.3) is 0 Å². The van der Waals surface area contributed by atoms with E-state index in [0.717, 1.165) is 26.3 Å². The maximum Gasteiger partial charge on any atom is 0.241 e. The van der Waals surface area contributed by atoms with Gasteiger partial charge in [0.15, 0.2) is 0 Å². The third-order valence-electron chi connectivity index (χ3n) is 4.01. The van der Waals surface area contributed by atoms with Gasteiger partial charge in [-0.25, -0.2) is 13.4 Å². The number of sulfonamides is 1. The highest BCUT2D eigenvalue weighted by atomic mass is 79.9. The van der Waals surface area contributed by atoms with Crippen LogP contribution in [0.15, 0.2) is 71.7 Å². The minimum Gasteiger partial charge on any atom is -0.350 e. The second kappa shape index (κ2) is 8.57. The molecular weight excluding hydrogens is 444 g/mol. The first kappa shape index (κ1) is 20.1. The van der Waals surface area contributed by atoms with E-state index in [1.54, 1.807) is 36.8 Å². The highest BCUT2D eigenvalue weighted by Crippen LogP contribution is 2.21. The van der Waals surface area contributed by atoms with E-state index in [1.165, 1.54) is 0 Å². The van der Waals surface area contributed by atoms with Crippen molar-refractivity contribution >= 4 is 37.5 Å². The van der Waals surface area contributed by atoms with Crippen molar-refractivity contribution in [2.45, 2.75) is 6.54 Å². The fourth-order valence-electron chi connectivity index (χ4n) is 2.62. The Bertz CT molecular complexity index is 1050. The predicted octanol–water partition coefficient (Wildman–Crippen LogP) is 2.72. The fourth-order valence-corrected chi connectivity index (χ4v) is 3.85. The van der Waals surface area contributed by atoms with Crippen LogP contribution in [0.5, 0.6) is 0 Å². The number of amides is 1. The Morgan fingerprint density at radius 1 is 1.21 bits per heavy atom. The molecule has 9 heteroatoms. The summed E-state index contributed by atoms with van der Waals surface area (Å²) in [6.45, 7) is 0.0154. The number of hydrogen-bond acceptors (Lipinski definition) is 4. The van der Waals surface area contributed by atoms with Crippen LogP contribution in [0.3, 0.4) is 0 Å². The molecule has 1 heterocycles. The Labute approximate surface area is 172 Å². The summed E-state index contributed by atoms with van der Waals surface area (Å²) >= 11 is 3.32. The molecule has 3 aromatic rings. The molecule has 0 aliphatic heterocycles. The summed E-state index contributed by atoms with van der Waals surface area (Å²) < 4.78 is 27.9. The molecule has 3 rings (SSSR count). The number of aromatic nitrogens is 2. The summed E-state index contributed by atoms with van der Waals surface area (Å²) in [5.74, 6) is -0.385. The van der Waals surface area contributed by atoms with Crippen LogP contribution < -0.4 is 9.62 Å². The predicted molar refractivity (Wildman–Crippen MR) is 112 cm³/mol. The zero-order chi connectivity index (χ0) is 20.1. The third kappa shape index (κ3) is 5.20. The smallest absolute Gasteiger partial charge is 0.241 e. The lowest BCUT2D eigenvalue weighted by atomic mass is 10.2. The van der Waals surface area contributed by atoms with Crippen molar-refractivity contribution < 1.29 is 13.2 Å². The standard InChI is InChI=1S/C19H19BrN4O3S/c1-28(26,27)24(18-4-2-3-16(20)11-18)13-19(25)22-12-15-5-7-17(8-6-15)23-10-9-21-14-23/h2-11,14H,12-13H2,1H3,(H,22,25). The van der Waals surface area contributed by atoms with Gasteiger partial charge in [-0.2, -0.15) is 0 Å². The van der Waals surface area contributed by atoms with Crippen molar-refractivity contribution in [2.75, 3.05) is 17.1 Å². The van der Waals surface area contributed by atoms with Crippen molar-refractivity contribution in [1.29, 1.82) is 0 Å². The van der Waals surface area contributed by atoms with Gasteiger partial charge in [-0.15, -0.1) is 0 Å². The summed E-state index contributed by atoms with van der Waals surface area (Å²) in [6, 6.07) is 14.5. The average molecular weight is 463 g/mol. The summed E-state index contributed by atoms with van der Waals surface area (Å²) in [6.07, 6.45) is 6.33. The van der Waals surface area contributed by atoms with E-state index in [1.807, 2.05) is 35.0 Å². The van der Waals surface area contributed by atoms with E-state index < -0.39 is 10.0 Å². The van der Waals surface area contributed by atoms with E-state index in [4.69, 9.17) is 0 Å². The van der Waals surface area contributed by atoms with Gasteiger partial charge in [-0.1, -0.05) is 34.1 Å². The van der Waals surface area contributed by atoms with Crippen molar-refractivity contribution in [3.05, 3.63) is 77.3 Å². The van der Waals surface area contributed by atoms with Crippen molar-refractivity contribution in [3.63, 3.8) is 0 Å². The summed E-state index contributed by atoms with van der Waals surface area (Å²) in [5.41, 5.74) is 2.30. The highest BCUT2D eigenvalue weighted by molar-refractivity contribution is 9.10. The molecule has 7 nitrogen and oxygen atoms in total. The monoisotopic (exact) mass is 462 g/mol. The average Bonchev–Trinajstić information content (AvgIpc) is 3.18. The van der Waals surface area contributed by atoms with E-state index in [0.29, 0.717) is 12.2 Å². The molecule has 0 aliphatic carbocycles. The van der Waals surface area contributed by atoms with Crippen LogP contribution in [0.1, 0.15) is 5.56 Å². The number of hydrogen-bond donors (Lipinski definition) is 1. The number of nitrogens with zero attached hydrogens (tertiary/aromatic N) is 3. The Morgan fingerprint density at radius 2 is 1.96 bits per heavy atom. The lowest BCUT2D eigenvalue weighted by Gasteiger charge is -2.22. The highest BCUT2D eigenvalue weighted by Gasteiger charge is 2.20. The van der Waals surface area contributed by atoms with Crippen LogP contribution >= 0.6 is 15.9 Å². The van der Waals surface area contributed by atoms with Gasteiger partial charge >= 0.3 is 0 Å². The van der Waals surface area contributed by atoms with Crippen molar-refractivity contribution in [1.82, 2.24) is 14.9 Å². The van der Waals surface area contributed by atoms with Crippen molar-refractivity contribution in [3.8, 4) is 5.69 Å². The van der Waals surface area contributed by atoms with Gasteiger partial charge < -0.3 is 9.88 Å². The maximum absolute atomic E-state index is 12.3. The molecule has 0 atom stereocenters. The molecular formula is C19H19BrN4O3S. The second-order valence-electron chi connectivity index (χ2n) is 6.16. The van der Waals surface area contributed by atoms with Crippen molar-refractivity contribution in [2.24, 2.45) is 0 Å². The van der Waals surface area contributed by atoms with E-state index in [2.05, 4.69) is 26.2 Å². The van der Waals surface area contributed by atoms with Gasteiger partial charge in [0, 0.05) is 29.1 Å². The molecule has 1 aromatic heterocycles. The van der Waals surface area contributed by atoms with Gasteiger partial charge in [0.1, 0.15) is 6.54 Å². The Hall–Kier alpha value is -2.65. The zero-order valence-corrected chi connectivity index (χ0v) is 17.5. The first-order chi connectivity index (χ1) is 13.3. The van der Waals surface area contributed by atoms with Crippen LogP contribution in [0, 0.1) is 0 Å². The Balaban J connectivity index is 1.63. The first-order valence-corrected chi connectivity index (χ1v) is 11.0. The largest absolute Gasteiger partial charge is 0.350 e. The maximum atomic E-state index is 12.3. The minimum atomic E-state index is -3.60. The molecule has 0 fully saturated rings. The Morgan fingerprint density at radius 3 is 2.57 bits per heavy atom. The number of benzene rings is 2. The fraction of sp³-hybridized carbons (Fsp3) is 0.158. The van der Waals surface area contributed by atoms with Crippen LogP contribution in [-0.2, 0) is 21.4 Å². The summed E-state index contributed by atoms with van der Waals surface area (Å²) in [5, 5.41) is 2.76. The molecule has 0 bridgehead atoms. The van der Waals surface area contributed by atoms with E-state index >= 15 is 0 Å². The molecule has 0 aliphatic rings. The number of carbonyl (C=O) groups is 1. The van der Waals surface area contributed by atoms with E-state index in [-0.39, 0.29) is 12.5 Å². The van der Waals surface area contributed by atoms with Crippen LogP contribution in [0.4, 0.5) is 5.69 Å². The van der Waals surface area contributed by atoms with Crippen LogP contribution in [0.2, 0.25) is 0 Å². The number of carbonyl (C=O) groups excluding carboxylic acids is 1. The van der Waals surface area contributed by atoms with Crippen LogP contribution in [0.25, 0.3) is 5.69 Å². The molecule has 0 radical (unpaired) electrons. The number of halogens is 1. The first-order valence-electron chi connectivity index (χ1n) is 8.40. The number of rotatable bonds is 7. The number of imidazole rings is 1. The third-order valence-corrected chi connectivity index (χ3v) is 5.65. The lowest BCUT2D eigenvalue weighted by Crippen LogP contribution is -2.40. The summed E-state index contributed by atoms with van der Waals surface area (Å²) in [7, 11) is -3.60. The molecule has 2 aromatic carbocycles. The molecule has 0 saturated carbocycles. The minimum absolute atomic E-state index is 0.289. The van der Waals surface area contributed by atoms with Gasteiger partial charge in [0.2, 0.25) is 15.9 Å².